The Kier molecular flexibility index (Phi) is 2.91. The van der Waals surface area contributed by atoms with Gasteiger partial charge in [0.1, 0.15) is 11.4 Å². The van der Waals surface area contributed by atoms with Gasteiger partial charge >= 0.3 is 0 Å². The third kappa shape index (κ3) is 1.96. The molecule has 6 nitrogen and oxygen atoms in total. The van der Waals surface area contributed by atoms with E-state index in [0.717, 1.165) is 49.8 Å². The molecule has 3 heterocycles. The number of hydrogen-bond donors (Lipinski definition) is 0. The third-order valence-corrected chi connectivity index (χ3v) is 5.22. The molecule has 0 saturated carbocycles. The van der Waals surface area contributed by atoms with Crippen LogP contribution in [-0.4, -0.2) is 39.5 Å². The molecular weight excluding hydrogens is 302 g/mol. The fourth-order valence-electron chi connectivity index (χ4n) is 4.00. The number of ether oxygens (including phenoxy) is 1. The number of rotatable bonds is 1. The zero-order valence-electron chi connectivity index (χ0n) is 13.6. The molecule has 1 fully saturated rings. The van der Waals surface area contributed by atoms with Crippen LogP contribution in [0.1, 0.15) is 23.4 Å². The van der Waals surface area contributed by atoms with E-state index >= 15 is 0 Å². The Hall–Kier alpha value is -2.47. The number of hydrogen-bond acceptors (Lipinski definition) is 5. The van der Waals surface area contributed by atoms with Crippen LogP contribution < -0.4 is 4.90 Å². The number of benzene rings is 1. The van der Waals surface area contributed by atoms with Crippen molar-refractivity contribution < 1.29 is 4.74 Å². The summed E-state index contributed by atoms with van der Waals surface area (Å²) in [6.45, 7) is 4.33. The summed E-state index contributed by atoms with van der Waals surface area (Å²) in [6, 6.07) is 12.7. The Labute approximate surface area is 140 Å². The van der Waals surface area contributed by atoms with Gasteiger partial charge in [0.25, 0.3) is 0 Å². The Bertz CT molecular complexity index is 917. The molecule has 3 aromatic rings. The number of aromatic nitrogens is 4. The maximum atomic E-state index is 6.30. The van der Waals surface area contributed by atoms with Crippen molar-refractivity contribution in [2.24, 2.45) is 0 Å². The molecule has 2 aliphatic rings. The van der Waals surface area contributed by atoms with Gasteiger partial charge < -0.3 is 9.64 Å². The second kappa shape index (κ2) is 5.01. The maximum Gasteiger partial charge on any atom is 0.178 e. The van der Waals surface area contributed by atoms with Gasteiger partial charge in [0.05, 0.1) is 13.2 Å². The van der Waals surface area contributed by atoms with E-state index in [9.17, 15) is 0 Å². The Morgan fingerprint density at radius 1 is 1.12 bits per heavy atom. The van der Waals surface area contributed by atoms with Crippen molar-refractivity contribution in [1.82, 2.24) is 19.8 Å². The Balaban J connectivity index is 1.52. The molecule has 5 rings (SSSR count). The van der Waals surface area contributed by atoms with Gasteiger partial charge in [0, 0.05) is 6.54 Å². The summed E-state index contributed by atoms with van der Waals surface area (Å²) in [7, 11) is 0. The first-order valence-electron chi connectivity index (χ1n) is 8.42. The molecule has 0 radical (unpaired) electrons. The quantitative estimate of drug-likeness (QED) is 0.687. The van der Waals surface area contributed by atoms with Crippen molar-refractivity contribution in [3.63, 3.8) is 0 Å². The lowest BCUT2D eigenvalue weighted by Crippen LogP contribution is -2.49. The van der Waals surface area contributed by atoms with Gasteiger partial charge in [-0.15, -0.1) is 15.3 Å². The lowest BCUT2D eigenvalue weighted by atomic mass is 9.93. The predicted molar refractivity (Wildman–Crippen MR) is 90.1 cm³/mol. The molecule has 0 amide bonds. The topological polar surface area (TPSA) is 55.5 Å². The lowest BCUT2D eigenvalue weighted by molar-refractivity contribution is -0.0594. The van der Waals surface area contributed by atoms with Crippen molar-refractivity contribution in [2.45, 2.75) is 25.4 Å². The number of fused-ring (bicyclic) bond motifs is 3. The monoisotopic (exact) mass is 321 g/mol. The highest BCUT2D eigenvalue weighted by molar-refractivity contribution is 5.48. The molecule has 24 heavy (non-hydrogen) atoms. The van der Waals surface area contributed by atoms with E-state index < -0.39 is 0 Å². The molecule has 6 heteroatoms. The standard InChI is InChI=1S/C18H19N5O/c1-13-19-20-16-6-7-17(21-23(13)16)22-10-11-24-18(12-22)9-8-14-4-2-3-5-15(14)18/h2-7H,8-12H2,1H3. The van der Waals surface area contributed by atoms with Crippen LogP contribution in [0.15, 0.2) is 36.4 Å². The first kappa shape index (κ1) is 13.9. The average Bonchev–Trinajstić information content (AvgIpc) is 3.17. The van der Waals surface area contributed by atoms with Crippen LogP contribution in [0, 0.1) is 6.92 Å². The first-order valence-corrected chi connectivity index (χ1v) is 8.42. The maximum absolute atomic E-state index is 6.30. The van der Waals surface area contributed by atoms with Gasteiger partial charge in [-0.25, -0.2) is 0 Å². The number of aryl methyl sites for hydroxylation is 2. The number of morpholine rings is 1. The van der Waals surface area contributed by atoms with Gasteiger partial charge in [0.2, 0.25) is 0 Å². The normalized spacial score (nSPS) is 23.1. The molecule has 1 aliphatic carbocycles. The van der Waals surface area contributed by atoms with E-state index in [0.29, 0.717) is 0 Å². The van der Waals surface area contributed by atoms with Crippen molar-refractivity contribution in [3.8, 4) is 0 Å². The summed E-state index contributed by atoms with van der Waals surface area (Å²) in [5.74, 6) is 1.76. The van der Waals surface area contributed by atoms with E-state index in [1.807, 2.05) is 19.1 Å². The molecule has 1 aromatic carbocycles. The summed E-state index contributed by atoms with van der Waals surface area (Å²) < 4.78 is 8.11. The smallest absolute Gasteiger partial charge is 0.178 e. The fraction of sp³-hybridized carbons (Fsp3) is 0.389. The molecule has 122 valence electrons. The number of nitrogens with zero attached hydrogens (tertiary/aromatic N) is 5. The lowest BCUT2D eigenvalue weighted by Gasteiger charge is -2.41. The van der Waals surface area contributed by atoms with E-state index in [-0.39, 0.29) is 5.60 Å². The molecular formula is C18H19N5O. The fourth-order valence-corrected chi connectivity index (χ4v) is 4.00. The predicted octanol–water partition coefficient (Wildman–Crippen LogP) is 2.11. The van der Waals surface area contributed by atoms with E-state index in [4.69, 9.17) is 9.84 Å². The van der Waals surface area contributed by atoms with Crippen LogP contribution >= 0.6 is 0 Å². The first-order chi connectivity index (χ1) is 11.8. The zero-order valence-corrected chi connectivity index (χ0v) is 13.6. The van der Waals surface area contributed by atoms with Crippen LogP contribution in [0.3, 0.4) is 0 Å². The highest BCUT2D eigenvalue weighted by Gasteiger charge is 2.43. The average molecular weight is 321 g/mol. The van der Waals surface area contributed by atoms with Gasteiger partial charge in [-0.05, 0) is 43.0 Å². The molecule has 1 saturated heterocycles. The SMILES string of the molecule is Cc1nnc2ccc(N3CCOC4(CCc5ccccc54)C3)nn12. The summed E-state index contributed by atoms with van der Waals surface area (Å²) in [5, 5.41) is 12.9. The zero-order chi connectivity index (χ0) is 16.1. The molecule has 2 aromatic heterocycles. The highest BCUT2D eigenvalue weighted by atomic mass is 16.5. The molecule has 0 N–H and O–H groups in total. The molecule has 1 atom stereocenters. The largest absolute Gasteiger partial charge is 0.367 e. The van der Waals surface area contributed by atoms with Crippen molar-refractivity contribution in [3.05, 3.63) is 53.3 Å². The minimum Gasteiger partial charge on any atom is -0.367 e. The Morgan fingerprint density at radius 2 is 2.04 bits per heavy atom. The van der Waals surface area contributed by atoms with Crippen LogP contribution in [0.5, 0.6) is 0 Å². The van der Waals surface area contributed by atoms with Crippen LogP contribution in [0.2, 0.25) is 0 Å². The minimum absolute atomic E-state index is 0.201. The number of anilines is 1. The van der Waals surface area contributed by atoms with Gasteiger partial charge in [-0.3, -0.25) is 0 Å². The van der Waals surface area contributed by atoms with Crippen molar-refractivity contribution in [1.29, 1.82) is 0 Å². The summed E-state index contributed by atoms with van der Waals surface area (Å²) in [5.41, 5.74) is 3.34. The summed E-state index contributed by atoms with van der Waals surface area (Å²) >= 11 is 0. The van der Waals surface area contributed by atoms with Crippen LogP contribution in [0.4, 0.5) is 5.82 Å². The van der Waals surface area contributed by atoms with Crippen LogP contribution in [0.25, 0.3) is 5.65 Å². The second-order valence-electron chi connectivity index (χ2n) is 6.63. The van der Waals surface area contributed by atoms with Crippen LogP contribution in [-0.2, 0) is 16.8 Å². The second-order valence-corrected chi connectivity index (χ2v) is 6.63. The highest BCUT2D eigenvalue weighted by Crippen LogP contribution is 2.42. The van der Waals surface area contributed by atoms with E-state index in [1.165, 1.54) is 11.1 Å². The third-order valence-electron chi connectivity index (χ3n) is 5.22. The van der Waals surface area contributed by atoms with Gasteiger partial charge in [-0.1, -0.05) is 24.3 Å². The van der Waals surface area contributed by atoms with Gasteiger partial charge in [-0.2, -0.15) is 4.52 Å². The molecule has 0 bridgehead atoms. The van der Waals surface area contributed by atoms with Crippen molar-refractivity contribution in [2.75, 3.05) is 24.6 Å². The van der Waals surface area contributed by atoms with Gasteiger partial charge in [0.15, 0.2) is 11.5 Å². The molecule has 1 aliphatic heterocycles. The molecule has 1 spiro atoms. The minimum atomic E-state index is -0.201. The Morgan fingerprint density at radius 3 is 3.00 bits per heavy atom. The summed E-state index contributed by atoms with van der Waals surface area (Å²) in [6.07, 6.45) is 2.12. The molecule has 1 unspecified atom stereocenters. The summed E-state index contributed by atoms with van der Waals surface area (Å²) in [4.78, 5) is 2.32. The van der Waals surface area contributed by atoms with E-state index in [1.54, 1.807) is 4.52 Å². The van der Waals surface area contributed by atoms with E-state index in [2.05, 4.69) is 39.4 Å². The van der Waals surface area contributed by atoms with Crippen molar-refractivity contribution >= 4 is 11.5 Å².